The minimum absolute atomic E-state index is 0.854. The Morgan fingerprint density at radius 1 is 1.18 bits per heavy atom. The summed E-state index contributed by atoms with van der Waals surface area (Å²) in [4.78, 5) is 8.97. The van der Waals surface area contributed by atoms with Crippen LogP contribution < -0.4 is 0 Å². The van der Waals surface area contributed by atoms with E-state index in [9.17, 15) is 0 Å². The van der Waals surface area contributed by atoms with Crippen molar-refractivity contribution in [3.05, 3.63) is 46.3 Å². The molecule has 1 aromatic heterocycles. The predicted molar refractivity (Wildman–Crippen MR) is 73.9 cm³/mol. The van der Waals surface area contributed by atoms with Crippen LogP contribution >= 0.6 is 15.9 Å². The zero-order chi connectivity index (χ0) is 12.3. The van der Waals surface area contributed by atoms with Gasteiger partial charge in [0.1, 0.15) is 10.4 Å². The summed E-state index contributed by atoms with van der Waals surface area (Å²) in [6, 6.07) is 10.3. The molecule has 0 fully saturated rings. The highest BCUT2D eigenvalue weighted by atomic mass is 79.9. The molecule has 0 bridgehead atoms. The number of hydrogen-bond donors (Lipinski definition) is 0. The van der Waals surface area contributed by atoms with Gasteiger partial charge in [0.25, 0.3) is 0 Å². The minimum Gasteiger partial charge on any atom is -0.233 e. The topological polar surface area (TPSA) is 25.8 Å². The van der Waals surface area contributed by atoms with Crippen molar-refractivity contribution >= 4 is 15.9 Å². The smallest absolute Gasteiger partial charge is 0.130 e. The Bertz CT molecular complexity index is 523. The molecule has 88 valence electrons. The van der Waals surface area contributed by atoms with Gasteiger partial charge in [-0.2, -0.15) is 0 Å². The summed E-state index contributed by atoms with van der Waals surface area (Å²) in [5.41, 5.74) is 3.37. The molecule has 0 aliphatic carbocycles. The van der Waals surface area contributed by atoms with Crippen molar-refractivity contribution in [2.24, 2.45) is 0 Å². The van der Waals surface area contributed by atoms with Gasteiger partial charge >= 0.3 is 0 Å². The molecular weight excluding hydrogens is 276 g/mol. The summed E-state index contributed by atoms with van der Waals surface area (Å²) in [6.45, 7) is 4.23. The van der Waals surface area contributed by atoms with Crippen molar-refractivity contribution in [2.75, 3.05) is 0 Å². The fraction of sp³-hybridized carbons (Fsp3) is 0.286. The molecular formula is C14H15BrN2. The first-order valence-corrected chi connectivity index (χ1v) is 6.59. The molecule has 2 aromatic rings. The third-order valence-electron chi connectivity index (χ3n) is 2.53. The molecule has 0 unspecified atom stereocenters. The van der Waals surface area contributed by atoms with Gasteiger partial charge in [0.15, 0.2) is 0 Å². The predicted octanol–water partition coefficient (Wildman–Crippen LogP) is 4.17. The molecule has 1 aromatic carbocycles. The summed E-state index contributed by atoms with van der Waals surface area (Å²) in [5, 5.41) is 0. The molecule has 1 heterocycles. The molecule has 3 heteroatoms. The molecule has 0 radical (unpaired) electrons. The number of hydrogen-bond acceptors (Lipinski definition) is 2. The lowest BCUT2D eigenvalue weighted by atomic mass is 10.1. The van der Waals surface area contributed by atoms with E-state index < -0.39 is 0 Å². The third-order valence-corrected chi connectivity index (χ3v) is 2.93. The largest absolute Gasteiger partial charge is 0.233 e. The SMILES string of the molecule is CCCc1nc(Br)cc(-c2cccc(C)c2)n1. The van der Waals surface area contributed by atoms with Crippen molar-refractivity contribution in [1.82, 2.24) is 9.97 Å². The first kappa shape index (κ1) is 12.2. The van der Waals surface area contributed by atoms with Crippen molar-refractivity contribution in [3.63, 3.8) is 0 Å². The van der Waals surface area contributed by atoms with E-state index in [0.29, 0.717) is 0 Å². The van der Waals surface area contributed by atoms with E-state index in [1.807, 2.05) is 6.07 Å². The molecule has 2 rings (SSSR count). The maximum Gasteiger partial charge on any atom is 0.130 e. The molecule has 0 N–H and O–H groups in total. The number of aromatic nitrogens is 2. The maximum absolute atomic E-state index is 4.59. The van der Waals surface area contributed by atoms with Crippen molar-refractivity contribution < 1.29 is 0 Å². The lowest BCUT2D eigenvalue weighted by Gasteiger charge is -2.05. The van der Waals surface area contributed by atoms with Gasteiger partial charge < -0.3 is 0 Å². The van der Waals surface area contributed by atoms with Gasteiger partial charge in [-0.15, -0.1) is 0 Å². The number of benzene rings is 1. The van der Waals surface area contributed by atoms with Crippen LogP contribution in [-0.2, 0) is 6.42 Å². The van der Waals surface area contributed by atoms with Crippen molar-refractivity contribution in [3.8, 4) is 11.3 Å². The lowest BCUT2D eigenvalue weighted by molar-refractivity contribution is 0.831. The van der Waals surface area contributed by atoms with E-state index >= 15 is 0 Å². The molecule has 2 nitrogen and oxygen atoms in total. The van der Waals surface area contributed by atoms with E-state index in [0.717, 1.165) is 34.5 Å². The summed E-state index contributed by atoms with van der Waals surface area (Å²) in [5.74, 6) is 0.901. The van der Waals surface area contributed by atoms with Crippen LogP contribution in [0.4, 0.5) is 0 Å². The van der Waals surface area contributed by atoms with Gasteiger partial charge in [-0.05, 0) is 41.4 Å². The Morgan fingerprint density at radius 2 is 2.00 bits per heavy atom. The number of aryl methyl sites for hydroxylation is 2. The number of rotatable bonds is 3. The fourth-order valence-corrected chi connectivity index (χ4v) is 2.17. The van der Waals surface area contributed by atoms with E-state index in [2.05, 4.69) is 64.0 Å². The maximum atomic E-state index is 4.59. The average molecular weight is 291 g/mol. The first-order chi connectivity index (χ1) is 8.19. The van der Waals surface area contributed by atoms with E-state index in [4.69, 9.17) is 0 Å². The van der Waals surface area contributed by atoms with Crippen LogP contribution in [0.3, 0.4) is 0 Å². The van der Waals surface area contributed by atoms with Crippen LogP contribution in [0.2, 0.25) is 0 Å². The molecule has 0 aliphatic heterocycles. The highest BCUT2D eigenvalue weighted by Crippen LogP contribution is 2.21. The van der Waals surface area contributed by atoms with Gasteiger partial charge in [0.2, 0.25) is 0 Å². The Labute approximate surface area is 110 Å². The molecule has 0 amide bonds. The monoisotopic (exact) mass is 290 g/mol. The van der Waals surface area contributed by atoms with Crippen LogP contribution in [0.5, 0.6) is 0 Å². The molecule has 0 atom stereocenters. The molecule has 0 saturated carbocycles. The zero-order valence-electron chi connectivity index (χ0n) is 10.1. The summed E-state index contributed by atoms with van der Waals surface area (Å²) in [7, 11) is 0. The Balaban J connectivity index is 2.44. The van der Waals surface area contributed by atoms with Crippen molar-refractivity contribution in [1.29, 1.82) is 0 Å². The second kappa shape index (κ2) is 5.41. The number of halogens is 1. The Hall–Kier alpha value is -1.22. The van der Waals surface area contributed by atoms with Crippen LogP contribution in [0.15, 0.2) is 34.9 Å². The van der Waals surface area contributed by atoms with E-state index in [1.54, 1.807) is 0 Å². The van der Waals surface area contributed by atoms with Gasteiger partial charge in [-0.25, -0.2) is 9.97 Å². The Morgan fingerprint density at radius 3 is 2.71 bits per heavy atom. The molecule has 17 heavy (non-hydrogen) atoms. The van der Waals surface area contributed by atoms with Crippen molar-refractivity contribution in [2.45, 2.75) is 26.7 Å². The van der Waals surface area contributed by atoms with Gasteiger partial charge in [0.05, 0.1) is 5.69 Å². The highest BCUT2D eigenvalue weighted by molar-refractivity contribution is 9.10. The van der Waals surface area contributed by atoms with Crippen LogP contribution in [0.25, 0.3) is 11.3 Å². The first-order valence-electron chi connectivity index (χ1n) is 5.79. The quantitative estimate of drug-likeness (QED) is 0.793. The van der Waals surface area contributed by atoms with E-state index in [-0.39, 0.29) is 0 Å². The van der Waals surface area contributed by atoms with Gasteiger partial charge in [-0.3, -0.25) is 0 Å². The van der Waals surface area contributed by atoms with E-state index in [1.165, 1.54) is 5.56 Å². The minimum atomic E-state index is 0.854. The fourth-order valence-electron chi connectivity index (χ4n) is 1.75. The summed E-state index contributed by atoms with van der Waals surface area (Å²) >= 11 is 3.45. The summed E-state index contributed by atoms with van der Waals surface area (Å²) < 4.78 is 0.854. The van der Waals surface area contributed by atoms with Gasteiger partial charge in [0, 0.05) is 12.0 Å². The van der Waals surface area contributed by atoms with Crippen LogP contribution in [0.1, 0.15) is 24.7 Å². The number of nitrogens with zero attached hydrogens (tertiary/aromatic N) is 2. The highest BCUT2D eigenvalue weighted by Gasteiger charge is 2.05. The zero-order valence-corrected chi connectivity index (χ0v) is 11.7. The normalized spacial score (nSPS) is 10.5. The molecule has 0 aliphatic rings. The average Bonchev–Trinajstić information content (AvgIpc) is 2.28. The van der Waals surface area contributed by atoms with Crippen LogP contribution in [0, 0.1) is 6.92 Å². The molecule has 0 saturated heterocycles. The molecule has 0 spiro atoms. The lowest BCUT2D eigenvalue weighted by Crippen LogP contribution is -1.97. The Kier molecular flexibility index (Phi) is 3.89. The summed E-state index contributed by atoms with van der Waals surface area (Å²) in [6.07, 6.45) is 1.97. The second-order valence-electron chi connectivity index (χ2n) is 4.11. The van der Waals surface area contributed by atoms with Crippen LogP contribution in [-0.4, -0.2) is 9.97 Å². The standard InChI is InChI=1S/C14H15BrN2/c1-3-5-14-16-12(9-13(15)17-14)11-7-4-6-10(2)8-11/h4,6-9H,3,5H2,1-2H3. The second-order valence-corrected chi connectivity index (χ2v) is 4.92. The van der Waals surface area contributed by atoms with Gasteiger partial charge in [-0.1, -0.05) is 30.7 Å². The third kappa shape index (κ3) is 3.13.